The number of urea groups is 1. The molecule has 2 saturated heterocycles. The molecule has 2 N–H and O–H groups in total. The van der Waals surface area contributed by atoms with E-state index in [0.29, 0.717) is 19.6 Å². The van der Waals surface area contributed by atoms with E-state index >= 15 is 0 Å². The molecule has 0 aromatic rings. The van der Waals surface area contributed by atoms with Crippen molar-refractivity contribution in [1.82, 2.24) is 15.5 Å². The van der Waals surface area contributed by atoms with Gasteiger partial charge in [0.1, 0.15) is 0 Å². The molecule has 2 amide bonds. The van der Waals surface area contributed by atoms with Gasteiger partial charge in [0, 0.05) is 32.1 Å². The van der Waals surface area contributed by atoms with Crippen LogP contribution in [-0.4, -0.2) is 49.1 Å². The molecule has 2 fully saturated rings. The Kier molecular flexibility index (Phi) is 2.54. The molecule has 0 aromatic heterocycles. The number of hydrogen-bond donors (Lipinski definition) is 2. The standard InChI is InChI=1S/C8H13F2N3O/c9-7(10)3-5-6-4-12-8(14)13(6)2-1-11-5/h5-7,11H,1-4H2,(H,12,14). The third kappa shape index (κ3) is 1.66. The molecule has 2 rings (SSSR count). The molecular weight excluding hydrogens is 192 g/mol. The van der Waals surface area contributed by atoms with E-state index in [0.717, 1.165) is 0 Å². The number of halogens is 2. The Morgan fingerprint density at radius 3 is 3.07 bits per heavy atom. The van der Waals surface area contributed by atoms with Crippen LogP contribution in [0.1, 0.15) is 6.42 Å². The summed E-state index contributed by atoms with van der Waals surface area (Å²) in [5, 5.41) is 5.70. The minimum atomic E-state index is -2.32. The fourth-order valence-corrected chi connectivity index (χ4v) is 2.12. The molecule has 0 aromatic carbocycles. The molecule has 14 heavy (non-hydrogen) atoms. The molecule has 0 radical (unpaired) electrons. The molecule has 2 unspecified atom stereocenters. The molecule has 4 nitrogen and oxygen atoms in total. The van der Waals surface area contributed by atoms with E-state index in [2.05, 4.69) is 10.6 Å². The van der Waals surface area contributed by atoms with Crippen molar-refractivity contribution >= 4 is 6.03 Å². The zero-order valence-electron chi connectivity index (χ0n) is 7.67. The van der Waals surface area contributed by atoms with Gasteiger partial charge in [-0.25, -0.2) is 13.6 Å². The molecule has 2 heterocycles. The molecule has 0 aliphatic carbocycles. The zero-order valence-corrected chi connectivity index (χ0v) is 7.67. The number of alkyl halides is 2. The quantitative estimate of drug-likeness (QED) is 0.667. The molecule has 0 saturated carbocycles. The minimum absolute atomic E-state index is 0.106. The lowest BCUT2D eigenvalue weighted by Gasteiger charge is -2.36. The Balaban J connectivity index is 2.01. The van der Waals surface area contributed by atoms with Crippen molar-refractivity contribution in [3.8, 4) is 0 Å². The van der Waals surface area contributed by atoms with Gasteiger partial charge in [-0.1, -0.05) is 0 Å². The van der Waals surface area contributed by atoms with E-state index in [-0.39, 0.29) is 24.5 Å². The van der Waals surface area contributed by atoms with Gasteiger partial charge in [0.05, 0.1) is 6.04 Å². The second kappa shape index (κ2) is 3.68. The minimum Gasteiger partial charge on any atom is -0.336 e. The lowest BCUT2D eigenvalue weighted by molar-refractivity contribution is 0.0899. The normalized spacial score (nSPS) is 31.9. The van der Waals surface area contributed by atoms with Crippen LogP contribution < -0.4 is 10.6 Å². The maximum atomic E-state index is 12.2. The number of carbonyl (C=O) groups is 1. The molecule has 6 heteroatoms. The van der Waals surface area contributed by atoms with E-state index in [1.165, 1.54) is 0 Å². The zero-order chi connectivity index (χ0) is 10.1. The molecule has 0 bridgehead atoms. The number of piperazine rings is 1. The van der Waals surface area contributed by atoms with Crippen LogP contribution >= 0.6 is 0 Å². The molecular formula is C8H13F2N3O. The Bertz CT molecular complexity index is 237. The highest BCUT2D eigenvalue weighted by Gasteiger charge is 2.39. The van der Waals surface area contributed by atoms with Gasteiger partial charge < -0.3 is 15.5 Å². The van der Waals surface area contributed by atoms with Crippen LogP contribution in [-0.2, 0) is 0 Å². The van der Waals surface area contributed by atoms with Crippen molar-refractivity contribution in [2.75, 3.05) is 19.6 Å². The van der Waals surface area contributed by atoms with Crippen molar-refractivity contribution in [2.24, 2.45) is 0 Å². The Hall–Kier alpha value is -0.910. The van der Waals surface area contributed by atoms with E-state index in [1.807, 2.05) is 0 Å². The highest BCUT2D eigenvalue weighted by Crippen LogP contribution is 2.18. The third-order valence-corrected chi connectivity index (χ3v) is 2.78. The third-order valence-electron chi connectivity index (χ3n) is 2.78. The van der Waals surface area contributed by atoms with Crippen molar-refractivity contribution in [3.05, 3.63) is 0 Å². The topological polar surface area (TPSA) is 44.4 Å². The highest BCUT2D eigenvalue weighted by molar-refractivity contribution is 5.77. The van der Waals surface area contributed by atoms with Crippen LogP contribution in [0.15, 0.2) is 0 Å². The molecule has 2 aliphatic heterocycles. The fraction of sp³-hybridized carbons (Fsp3) is 0.875. The van der Waals surface area contributed by atoms with Crippen LogP contribution in [0, 0.1) is 0 Å². The van der Waals surface area contributed by atoms with E-state index in [1.54, 1.807) is 4.90 Å². The first-order valence-corrected chi connectivity index (χ1v) is 4.74. The summed E-state index contributed by atoms with van der Waals surface area (Å²) in [4.78, 5) is 12.9. The molecule has 2 aliphatic rings. The summed E-state index contributed by atoms with van der Waals surface area (Å²) in [6, 6.07) is -0.510. The van der Waals surface area contributed by atoms with Crippen LogP contribution in [0.4, 0.5) is 13.6 Å². The first-order chi connectivity index (χ1) is 6.68. The van der Waals surface area contributed by atoms with Gasteiger partial charge >= 0.3 is 6.03 Å². The monoisotopic (exact) mass is 205 g/mol. The van der Waals surface area contributed by atoms with Crippen LogP contribution in [0.5, 0.6) is 0 Å². The first-order valence-electron chi connectivity index (χ1n) is 4.74. The summed E-state index contributed by atoms with van der Waals surface area (Å²) in [6.07, 6.45) is -2.50. The van der Waals surface area contributed by atoms with E-state index in [4.69, 9.17) is 0 Å². The predicted molar refractivity (Wildman–Crippen MR) is 46.3 cm³/mol. The summed E-state index contributed by atoms with van der Waals surface area (Å²) in [6.45, 7) is 1.68. The number of nitrogens with zero attached hydrogens (tertiary/aromatic N) is 1. The number of amides is 2. The van der Waals surface area contributed by atoms with Gasteiger partial charge in [0.15, 0.2) is 0 Å². The Morgan fingerprint density at radius 2 is 2.36 bits per heavy atom. The Morgan fingerprint density at radius 1 is 1.57 bits per heavy atom. The number of hydrogen-bond acceptors (Lipinski definition) is 2. The SMILES string of the molecule is O=C1NCC2C(CC(F)F)NCCN12. The summed E-state index contributed by atoms with van der Waals surface area (Å²) in [5.74, 6) is 0. The summed E-state index contributed by atoms with van der Waals surface area (Å²) < 4.78 is 24.4. The van der Waals surface area contributed by atoms with Gasteiger partial charge in [-0.05, 0) is 0 Å². The van der Waals surface area contributed by atoms with Gasteiger partial charge in [-0.3, -0.25) is 0 Å². The molecule has 80 valence electrons. The average molecular weight is 205 g/mol. The van der Waals surface area contributed by atoms with Gasteiger partial charge in [-0.15, -0.1) is 0 Å². The second-order valence-corrected chi connectivity index (χ2v) is 3.63. The largest absolute Gasteiger partial charge is 0.336 e. The highest BCUT2D eigenvalue weighted by atomic mass is 19.3. The number of fused-ring (bicyclic) bond motifs is 1. The lowest BCUT2D eigenvalue weighted by Crippen LogP contribution is -2.57. The summed E-state index contributed by atoms with van der Waals surface area (Å²) in [5.41, 5.74) is 0. The number of carbonyl (C=O) groups excluding carboxylic acids is 1. The van der Waals surface area contributed by atoms with Gasteiger partial charge in [0.25, 0.3) is 0 Å². The Labute approximate surface area is 80.6 Å². The lowest BCUT2D eigenvalue weighted by atomic mass is 10.0. The predicted octanol–water partition coefficient (Wildman–Crippen LogP) is 0.00720. The van der Waals surface area contributed by atoms with Gasteiger partial charge in [-0.2, -0.15) is 0 Å². The number of nitrogens with one attached hydrogen (secondary N) is 2. The first kappa shape index (κ1) is 9.64. The van der Waals surface area contributed by atoms with Crippen molar-refractivity contribution in [1.29, 1.82) is 0 Å². The summed E-state index contributed by atoms with van der Waals surface area (Å²) >= 11 is 0. The van der Waals surface area contributed by atoms with Crippen LogP contribution in [0.2, 0.25) is 0 Å². The van der Waals surface area contributed by atoms with Crippen LogP contribution in [0.3, 0.4) is 0 Å². The van der Waals surface area contributed by atoms with Crippen molar-refractivity contribution in [3.63, 3.8) is 0 Å². The number of rotatable bonds is 2. The average Bonchev–Trinajstić information content (AvgIpc) is 2.49. The van der Waals surface area contributed by atoms with Crippen LogP contribution in [0.25, 0.3) is 0 Å². The maximum Gasteiger partial charge on any atom is 0.317 e. The molecule has 2 atom stereocenters. The second-order valence-electron chi connectivity index (χ2n) is 3.63. The van der Waals surface area contributed by atoms with Gasteiger partial charge in [0.2, 0.25) is 6.43 Å². The van der Waals surface area contributed by atoms with Crippen molar-refractivity contribution < 1.29 is 13.6 Å². The molecule has 0 spiro atoms. The van der Waals surface area contributed by atoms with E-state index < -0.39 is 6.43 Å². The summed E-state index contributed by atoms with van der Waals surface area (Å²) in [7, 11) is 0. The fourth-order valence-electron chi connectivity index (χ4n) is 2.12. The smallest absolute Gasteiger partial charge is 0.317 e. The maximum absolute atomic E-state index is 12.2. The van der Waals surface area contributed by atoms with Crippen molar-refractivity contribution in [2.45, 2.75) is 24.9 Å². The van der Waals surface area contributed by atoms with E-state index in [9.17, 15) is 13.6 Å².